The van der Waals surface area contributed by atoms with Crippen LogP contribution in [0.1, 0.15) is 12.5 Å². The second-order valence-electron chi connectivity index (χ2n) is 7.67. The average molecular weight is 382 g/mol. The van der Waals surface area contributed by atoms with E-state index < -0.39 is 0 Å². The Hall–Kier alpha value is -2.30. The average Bonchev–Trinajstić information content (AvgIpc) is 2.99. The van der Waals surface area contributed by atoms with Gasteiger partial charge in [-0.3, -0.25) is 4.98 Å². The molecule has 4 aromatic rings. The van der Waals surface area contributed by atoms with Crippen molar-refractivity contribution in [2.75, 3.05) is 27.2 Å². The van der Waals surface area contributed by atoms with E-state index in [-0.39, 0.29) is 0 Å². The molecule has 4 rings (SSSR count). The summed E-state index contributed by atoms with van der Waals surface area (Å²) in [6.07, 6.45) is 3.78. The molecule has 0 amide bonds. The Balaban J connectivity index is 1.78. The summed E-state index contributed by atoms with van der Waals surface area (Å²) in [5.41, 5.74) is 3.31. The highest BCUT2D eigenvalue weighted by atomic mass is 35.5. The minimum Gasteiger partial charge on any atom is -0.493 e. The lowest BCUT2D eigenvalue weighted by Crippen LogP contribution is -2.24. The van der Waals surface area contributed by atoms with Gasteiger partial charge < -0.3 is 14.6 Å². The lowest BCUT2D eigenvalue weighted by Gasteiger charge is -2.18. The van der Waals surface area contributed by atoms with Crippen LogP contribution in [0.4, 0.5) is 0 Å². The van der Waals surface area contributed by atoms with Crippen LogP contribution in [-0.4, -0.2) is 42.1 Å². The van der Waals surface area contributed by atoms with Crippen LogP contribution in [0.2, 0.25) is 5.02 Å². The summed E-state index contributed by atoms with van der Waals surface area (Å²) in [7, 11) is 4.15. The molecule has 0 aliphatic heterocycles. The highest BCUT2D eigenvalue weighted by Gasteiger charge is 2.14. The van der Waals surface area contributed by atoms with Crippen molar-refractivity contribution >= 4 is 44.2 Å². The molecule has 27 heavy (non-hydrogen) atoms. The van der Waals surface area contributed by atoms with E-state index in [2.05, 4.69) is 61.0 Å². The highest BCUT2D eigenvalue weighted by Crippen LogP contribution is 2.38. The molecule has 2 heterocycles. The quantitative estimate of drug-likeness (QED) is 0.502. The summed E-state index contributed by atoms with van der Waals surface area (Å²) in [6, 6.07) is 8.20. The van der Waals surface area contributed by atoms with Gasteiger partial charge in [-0.25, -0.2) is 0 Å². The number of hydrogen-bond acceptors (Lipinski definition) is 3. The number of rotatable bonds is 5. The molecular formula is C22H24ClN3O. The van der Waals surface area contributed by atoms with Gasteiger partial charge >= 0.3 is 0 Å². The second-order valence-corrected chi connectivity index (χ2v) is 8.08. The van der Waals surface area contributed by atoms with Gasteiger partial charge in [-0.05, 0) is 50.2 Å². The SMILES string of the molecule is Cc1cncc2c1[nH]c1ccc3cc(OCC(C)CN(C)C)cc(Cl)c3c12. The summed E-state index contributed by atoms with van der Waals surface area (Å²) < 4.78 is 6.03. The molecule has 2 aromatic heterocycles. The summed E-state index contributed by atoms with van der Waals surface area (Å²) in [6.45, 7) is 5.91. The summed E-state index contributed by atoms with van der Waals surface area (Å²) >= 11 is 6.72. The van der Waals surface area contributed by atoms with Crippen LogP contribution in [0.25, 0.3) is 32.6 Å². The van der Waals surface area contributed by atoms with Crippen LogP contribution in [0.5, 0.6) is 5.75 Å². The smallest absolute Gasteiger partial charge is 0.121 e. The molecule has 0 radical (unpaired) electrons. The molecule has 4 nitrogen and oxygen atoms in total. The zero-order chi connectivity index (χ0) is 19.1. The molecule has 2 aromatic carbocycles. The van der Waals surface area contributed by atoms with Gasteiger partial charge in [0.15, 0.2) is 0 Å². The van der Waals surface area contributed by atoms with Crippen molar-refractivity contribution in [1.29, 1.82) is 0 Å². The van der Waals surface area contributed by atoms with Crippen molar-refractivity contribution in [3.63, 3.8) is 0 Å². The largest absolute Gasteiger partial charge is 0.493 e. The van der Waals surface area contributed by atoms with E-state index in [0.29, 0.717) is 17.5 Å². The molecule has 0 saturated heterocycles. The zero-order valence-corrected chi connectivity index (χ0v) is 16.9. The first-order valence-electron chi connectivity index (χ1n) is 9.20. The topological polar surface area (TPSA) is 41.1 Å². The minimum atomic E-state index is 0.444. The number of H-pyrrole nitrogens is 1. The van der Waals surface area contributed by atoms with Crippen LogP contribution in [0.3, 0.4) is 0 Å². The Morgan fingerprint density at radius 3 is 2.78 bits per heavy atom. The first kappa shape index (κ1) is 18.1. The van der Waals surface area contributed by atoms with Crippen molar-refractivity contribution in [1.82, 2.24) is 14.9 Å². The van der Waals surface area contributed by atoms with Gasteiger partial charge in [0.1, 0.15) is 5.75 Å². The number of fused-ring (bicyclic) bond motifs is 5. The summed E-state index contributed by atoms with van der Waals surface area (Å²) in [5.74, 6) is 1.26. The maximum absolute atomic E-state index is 6.72. The third-order valence-corrected chi connectivity index (χ3v) is 5.22. The number of pyridine rings is 1. The predicted octanol–water partition coefficient (Wildman–Crippen LogP) is 5.41. The first-order valence-corrected chi connectivity index (χ1v) is 9.57. The monoisotopic (exact) mass is 381 g/mol. The predicted molar refractivity (Wildman–Crippen MR) is 114 cm³/mol. The molecule has 0 bridgehead atoms. The van der Waals surface area contributed by atoms with E-state index in [9.17, 15) is 0 Å². The number of benzene rings is 2. The molecule has 0 saturated carbocycles. The molecule has 0 spiro atoms. The number of ether oxygens (including phenoxy) is 1. The Morgan fingerprint density at radius 2 is 2.00 bits per heavy atom. The number of aromatic amines is 1. The number of halogens is 1. The van der Waals surface area contributed by atoms with Crippen molar-refractivity contribution in [3.05, 3.63) is 47.2 Å². The number of nitrogens with zero attached hydrogens (tertiary/aromatic N) is 2. The minimum absolute atomic E-state index is 0.444. The second kappa shape index (κ2) is 7.02. The maximum Gasteiger partial charge on any atom is 0.121 e. The first-order chi connectivity index (χ1) is 12.9. The van der Waals surface area contributed by atoms with Crippen molar-refractivity contribution in [2.45, 2.75) is 13.8 Å². The summed E-state index contributed by atoms with van der Waals surface area (Å²) in [5, 5.41) is 5.05. The maximum atomic E-state index is 6.72. The number of aromatic nitrogens is 2. The molecule has 5 heteroatoms. The molecule has 0 aliphatic rings. The van der Waals surface area contributed by atoms with Crippen LogP contribution in [-0.2, 0) is 0 Å². The molecule has 1 N–H and O–H groups in total. The summed E-state index contributed by atoms with van der Waals surface area (Å²) in [4.78, 5) is 10.0. The van der Waals surface area contributed by atoms with E-state index >= 15 is 0 Å². The third-order valence-electron chi connectivity index (χ3n) is 4.92. The lowest BCUT2D eigenvalue weighted by molar-refractivity contribution is 0.222. The molecule has 0 aliphatic carbocycles. The molecular weight excluding hydrogens is 358 g/mol. The zero-order valence-electron chi connectivity index (χ0n) is 16.1. The van der Waals surface area contributed by atoms with Crippen molar-refractivity contribution < 1.29 is 4.74 Å². The normalized spacial score (nSPS) is 13.1. The Labute approximate surface area is 164 Å². The third kappa shape index (κ3) is 3.35. The molecule has 1 atom stereocenters. The molecule has 0 fully saturated rings. The van der Waals surface area contributed by atoms with Gasteiger partial charge in [0.05, 0.1) is 17.1 Å². The Kier molecular flexibility index (Phi) is 4.70. The van der Waals surface area contributed by atoms with Gasteiger partial charge in [-0.1, -0.05) is 24.6 Å². The fourth-order valence-corrected chi connectivity index (χ4v) is 4.14. The van der Waals surface area contributed by atoms with Gasteiger partial charge in [-0.2, -0.15) is 0 Å². The van der Waals surface area contributed by atoms with Crippen LogP contribution in [0.15, 0.2) is 36.7 Å². The fraction of sp³-hybridized carbons (Fsp3) is 0.318. The van der Waals surface area contributed by atoms with Crippen LogP contribution in [0, 0.1) is 12.8 Å². The standard InChI is InChI=1S/C22H24ClN3O/c1-13(11-26(3)4)12-27-16-7-15-5-6-19-21(20(15)18(23)8-16)17-10-24-9-14(2)22(17)25-19/h5-10,13,25H,11-12H2,1-4H3. The van der Waals surface area contributed by atoms with Crippen LogP contribution < -0.4 is 4.74 Å². The number of nitrogens with one attached hydrogen (secondary N) is 1. The van der Waals surface area contributed by atoms with Gasteiger partial charge in [0, 0.05) is 46.5 Å². The number of hydrogen-bond donors (Lipinski definition) is 1. The van der Waals surface area contributed by atoms with E-state index in [0.717, 1.165) is 50.4 Å². The lowest BCUT2D eigenvalue weighted by atomic mass is 10.0. The number of aryl methyl sites for hydroxylation is 1. The molecule has 1 unspecified atom stereocenters. The van der Waals surface area contributed by atoms with E-state index in [1.54, 1.807) is 0 Å². The fourth-order valence-electron chi connectivity index (χ4n) is 3.83. The van der Waals surface area contributed by atoms with E-state index in [1.165, 1.54) is 0 Å². The molecule has 140 valence electrons. The van der Waals surface area contributed by atoms with Crippen molar-refractivity contribution in [2.24, 2.45) is 5.92 Å². The highest BCUT2D eigenvalue weighted by molar-refractivity contribution is 6.39. The van der Waals surface area contributed by atoms with Gasteiger partial charge in [-0.15, -0.1) is 0 Å². The van der Waals surface area contributed by atoms with Crippen LogP contribution >= 0.6 is 11.6 Å². The van der Waals surface area contributed by atoms with Gasteiger partial charge in [0.2, 0.25) is 0 Å². The Morgan fingerprint density at radius 1 is 1.19 bits per heavy atom. The Bertz CT molecular complexity index is 1130. The van der Waals surface area contributed by atoms with E-state index in [1.807, 2.05) is 18.5 Å². The van der Waals surface area contributed by atoms with Gasteiger partial charge in [0.25, 0.3) is 0 Å². The van der Waals surface area contributed by atoms with Crippen molar-refractivity contribution in [3.8, 4) is 5.75 Å². The van der Waals surface area contributed by atoms with E-state index in [4.69, 9.17) is 16.3 Å².